The Morgan fingerprint density at radius 2 is 2.00 bits per heavy atom. The van der Waals surface area contributed by atoms with E-state index >= 15 is 0 Å². The number of H-pyrrole nitrogens is 1. The van der Waals surface area contributed by atoms with Crippen molar-refractivity contribution in [3.05, 3.63) is 69.8 Å². The molecule has 3 rings (SSSR count). The third-order valence-corrected chi connectivity index (χ3v) is 4.02. The van der Waals surface area contributed by atoms with E-state index in [4.69, 9.17) is 0 Å². The molecule has 1 aromatic carbocycles. The van der Waals surface area contributed by atoms with Crippen LogP contribution in [-0.4, -0.2) is 26.3 Å². The molecule has 0 amide bonds. The Bertz CT molecular complexity index is 914. The predicted molar refractivity (Wildman–Crippen MR) is 93.7 cm³/mol. The van der Waals surface area contributed by atoms with Crippen molar-refractivity contribution in [3.8, 4) is 11.3 Å². The third-order valence-electron chi connectivity index (χ3n) is 4.02. The number of hydrogen-bond acceptors (Lipinski definition) is 4. The molecule has 0 aliphatic rings. The zero-order valence-electron chi connectivity index (χ0n) is 14.2. The molecule has 6 nitrogen and oxygen atoms in total. The van der Waals surface area contributed by atoms with Crippen LogP contribution in [-0.2, 0) is 13.1 Å². The van der Waals surface area contributed by atoms with Gasteiger partial charge in [-0.05, 0) is 44.2 Å². The number of nitrogens with one attached hydrogen (secondary N) is 2. The number of aryl methyl sites for hydroxylation is 2. The third kappa shape index (κ3) is 4.00. The van der Waals surface area contributed by atoms with E-state index < -0.39 is 0 Å². The monoisotopic (exact) mass is 341 g/mol. The lowest BCUT2D eigenvalue weighted by Crippen LogP contribution is -2.30. The number of rotatable bonds is 6. The highest BCUT2D eigenvalue weighted by molar-refractivity contribution is 5.62. The van der Waals surface area contributed by atoms with Crippen molar-refractivity contribution in [1.29, 1.82) is 0 Å². The van der Waals surface area contributed by atoms with E-state index in [1.54, 1.807) is 22.9 Å². The summed E-state index contributed by atoms with van der Waals surface area (Å²) in [6.45, 7) is 5.48. The van der Waals surface area contributed by atoms with Crippen molar-refractivity contribution < 1.29 is 4.39 Å². The van der Waals surface area contributed by atoms with Gasteiger partial charge in [0, 0.05) is 42.1 Å². The molecule has 25 heavy (non-hydrogen) atoms. The Balaban J connectivity index is 1.61. The number of aromatic nitrogens is 4. The van der Waals surface area contributed by atoms with Crippen molar-refractivity contribution in [2.75, 3.05) is 6.54 Å². The summed E-state index contributed by atoms with van der Waals surface area (Å²) in [6, 6.07) is 8.17. The van der Waals surface area contributed by atoms with Crippen LogP contribution in [0.5, 0.6) is 0 Å². The summed E-state index contributed by atoms with van der Waals surface area (Å²) < 4.78 is 14.7. The van der Waals surface area contributed by atoms with Crippen molar-refractivity contribution in [3.63, 3.8) is 0 Å². The normalized spacial score (nSPS) is 11.0. The first-order valence-electron chi connectivity index (χ1n) is 8.08. The number of halogens is 1. The van der Waals surface area contributed by atoms with Crippen LogP contribution >= 0.6 is 0 Å². The molecule has 0 spiro atoms. The van der Waals surface area contributed by atoms with Gasteiger partial charge < -0.3 is 5.32 Å². The van der Waals surface area contributed by atoms with Crippen molar-refractivity contribution in [1.82, 2.24) is 25.1 Å². The molecule has 2 aromatic heterocycles. The molecular weight excluding hydrogens is 321 g/mol. The minimum absolute atomic E-state index is 0.227. The zero-order chi connectivity index (χ0) is 17.8. The summed E-state index contributed by atoms with van der Waals surface area (Å²) >= 11 is 0. The van der Waals surface area contributed by atoms with Crippen molar-refractivity contribution >= 4 is 0 Å². The molecule has 0 unspecified atom stereocenters. The second-order valence-electron chi connectivity index (χ2n) is 5.93. The SMILES string of the molecule is Cc1cc(C)n(CCNCc2cn[nH]c2-c2ccc(F)cc2)c(=O)n1. The highest BCUT2D eigenvalue weighted by Crippen LogP contribution is 2.21. The number of aromatic amines is 1. The minimum atomic E-state index is -0.268. The average Bonchev–Trinajstić information content (AvgIpc) is 3.02. The van der Waals surface area contributed by atoms with Crippen LogP contribution in [0.2, 0.25) is 0 Å². The molecule has 0 saturated carbocycles. The summed E-state index contributed by atoms with van der Waals surface area (Å²) in [5, 5.41) is 10.3. The summed E-state index contributed by atoms with van der Waals surface area (Å²) in [5.41, 5.74) is 4.12. The smallest absolute Gasteiger partial charge is 0.311 e. The van der Waals surface area contributed by atoms with Crippen LogP contribution in [0, 0.1) is 19.7 Å². The Kier molecular flexibility index (Phi) is 5.04. The molecule has 2 heterocycles. The van der Waals surface area contributed by atoms with Crippen LogP contribution in [0.3, 0.4) is 0 Å². The summed E-state index contributed by atoms with van der Waals surface area (Å²) in [7, 11) is 0. The van der Waals surface area contributed by atoms with E-state index in [9.17, 15) is 9.18 Å². The van der Waals surface area contributed by atoms with Gasteiger partial charge in [-0.1, -0.05) is 0 Å². The van der Waals surface area contributed by atoms with Gasteiger partial charge in [0.05, 0.1) is 11.9 Å². The van der Waals surface area contributed by atoms with Crippen LogP contribution < -0.4 is 11.0 Å². The van der Waals surface area contributed by atoms with Gasteiger partial charge in [0.1, 0.15) is 5.82 Å². The van der Waals surface area contributed by atoms with Gasteiger partial charge in [0.15, 0.2) is 0 Å². The molecule has 2 N–H and O–H groups in total. The number of nitrogens with zero attached hydrogens (tertiary/aromatic N) is 3. The number of hydrogen-bond donors (Lipinski definition) is 2. The highest BCUT2D eigenvalue weighted by Gasteiger charge is 2.08. The van der Waals surface area contributed by atoms with Gasteiger partial charge in [-0.3, -0.25) is 9.67 Å². The maximum absolute atomic E-state index is 13.1. The fourth-order valence-corrected chi connectivity index (χ4v) is 2.77. The highest BCUT2D eigenvalue weighted by atomic mass is 19.1. The summed E-state index contributed by atoms with van der Waals surface area (Å²) in [5.74, 6) is -0.268. The lowest BCUT2D eigenvalue weighted by Gasteiger charge is -2.10. The quantitative estimate of drug-likeness (QED) is 0.674. The maximum Gasteiger partial charge on any atom is 0.347 e. The lowest BCUT2D eigenvalue weighted by atomic mass is 10.1. The summed E-state index contributed by atoms with van der Waals surface area (Å²) in [6.07, 6.45) is 1.75. The minimum Gasteiger partial charge on any atom is -0.311 e. The fourth-order valence-electron chi connectivity index (χ4n) is 2.77. The topological polar surface area (TPSA) is 75.6 Å². The first-order chi connectivity index (χ1) is 12.0. The molecule has 0 bridgehead atoms. The van der Waals surface area contributed by atoms with Crippen molar-refractivity contribution in [2.45, 2.75) is 26.9 Å². The Hall–Kier alpha value is -2.80. The van der Waals surface area contributed by atoms with E-state index in [0.717, 1.165) is 28.2 Å². The van der Waals surface area contributed by atoms with E-state index in [2.05, 4.69) is 20.5 Å². The van der Waals surface area contributed by atoms with E-state index in [-0.39, 0.29) is 11.5 Å². The fraction of sp³-hybridized carbons (Fsp3) is 0.278. The van der Waals surface area contributed by atoms with Crippen LogP contribution in [0.1, 0.15) is 17.0 Å². The second kappa shape index (κ2) is 7.40. The molecule has 130 valence electrons. The van der Waals surface area contributed by atoms with Gasteiger partial charge >= 0.3 is 5.69 Å². The molecular formula is C18H20FN5O. The Labute approximate surface area is 144 Å². The molecule has 0 aliphatic heterocycles. The maximum atomic E-state index is 13.1. The van der Waals surface area contributed by atoms with Gasteiger partial charge in [-0.2, -0.15) is 10.1 Å². The van der Waals surface area contributed by atoms with Gasteiger partial charge in [-0.15, -0.1) is 0 Å². The van der Waals surface area contributed by atoms with E-state index in [0.29, 0.717) is 19.6 Å². The average molecular weight is 341 g/mol. The molecule has 3 aromatic rings. The largest absolute Gasteiger partial charge is 0.347 e. The molecule has 0 saturated heterocycles. The molecule has 7 heteroatoms. The first-order valence-corrected chi connectivity index (χ1v) is 8.08. The van der Waals surface area contributed by atoms with Crippen molar-refractivity contribution in [2.24, 2.45) is 0 Å². The summed E-state index contributed by atoms with van der Waals surface area (Å²) in [4.78, 5) is 15.9. The van der Waals surface area contributed by atoms with Crippen LogP contribution in [0.4, 0.5) is 4.39 Å². The van der Waals surface area contributed by atoms with Gasteiger partial charge in [0.2, 0.25) is 0 Å². The van der Waals surface area contributed by atoms with Crippen LogP contribution in [0.15, 0.2) is 41.3 Å². The Morgan fingerprint density at radius 1 is 1.24 bits per heavy atom. The standard InChI is InChI=1S/C18H20FN5O/c1-12-9-13(2)24(18(25)22-12)8-7-20-10-15-11-21-23-17(15)14-3-5-16(19)6-4-14/h3-6,9,11,20H,7-8,10H2,1-2H3,(H,21,23). The van der Waals surface area contributed by atoms with E-state index in [1.807, 2.05) is 19.9 Å². The molecule has 0 fully saturated rings. The zero-order valence-corrected chi connectivity index (χ0v) is 14.2. The van der Waals surface area contributed by atoms with Crippen LogP contribution in [0.25, 0.3) is 11.3 Å². The number of benzene rings is 1. The molecule has 0 atom stereocenters. The molecule has 0 radical (unpaired) electrons. The second-order valence-corrected chi connectivity index (χ2v) is 5.93. The Morgan fingerprint density at radius 3 is 2.72 bits per heavy atom. The predicted octanol–water partition coefficient (Wildman–Crippen LogP) is 2.18. The van der Waals surface area contributed by atoms with Gasteiger partial charge in [-0.25, -0.2) is 9.18 Å². The van der Waals surface area contributed by atoms with E-state index in [1.165, 1.54) is 12.1 Å². The molecule has 0 aliphatic carbocycles. The lowest BCUT2D eigenvalue weighted by molar-refractivity contribution is 0.564. The van der Waals surface area contributed by atoms with Gasteiger partial charge in [0.25, 0.3) is 0 Å². The first kappa shape index (κ1) is 17.0.